The van der Waals surface area contributed by atoms with Crippen molar-refractivity contribution < 1.29 is 14.6 Å². The highest BCUT2D eigenvalue weighted by Gasteiger charge is 2.55. The lowest BCUT2D eigenvalue weighted by Gasteiger charge is -2.55. The summed E-state index contributed by atoms with van der Waals surface area (Å²) in [6.45, 7) is 3.26. The summed E-state index contributed by atoms with van der Waals surface area (Å²) in [6.07, 6.45) is 2.94. The number of hydrogen-bond acceptors (Lipinski definition) is 4. The maximum atomic E-state index is 12.3. The molecule has 2 bridgehead atoms. The number of piperidine rings is 3. The third-order valence-electron chi connectivity index (χ3n) is 4.21. The van der Waals surface area contributed by atoms with Crippen LogP contribution in [0.3, 0.4) is 0 Å². The molecular weight excluding hydrogens is 206 g/mol. The highest BCUT2D eigenvalue weighted by molar-refractivity contribution is 5.92. The Morgan fingerprint density at radius 3 is 2.94 bits per heavy atom. The van der Waals surface area contributed by atoms with Crippen molar-refractivity contribution in [3.05, 3.63) is 0 Å². The number of fused-ring (bicyclic) bond motifs is 3. The van der Waals surface area contributed by atoms with Gasteiger partial charge in [0.05, 0.1) is 13.2 Å². The molecule has 4 nitrogen and oxygen atoms in total. The Labute approximate surface area is 96.6 Å². The number of nitrogens with zero attached hydrogens (tertiary/aromatic N) is 1. The molecule has 0 aromatic carbocycles. The lowest BCUT2D eigenvalue weighted by molar-refractivity contribution is -0.166. The number of aliphatic hydroxyl groups is 1. The van der Waals surface area contributed by atoms with Crippen molar-refractivity contribution in [3.8, 4) is 0 Å². The molecule has 1 unspecified atom stereocenters. The number of aliphatic hydroxyl groups excluding tert-OH is 1. The Balaban J connectivity index is 2.31. The number of methoxy groups -OCH3 is 1. The molecule has 3 heterocycles. The SMILES string of the molecule is CC[C@@H]1C[C@@H]2CCN1[C@](CO)(COC)C2=O. The summed E-state index contributed by atoms with van der Waals surface area (Å²) in [5.41, 5.74) is -0.753. The zero-order chi connectivity index (χ0) is 11.8. The third-order valence-corrected chi connectivity index (χ3v) is 4.21. The van der Waals surface area contributed by atoms with E-state index in [1.54, 1.807) is 7.11 Å². The number of carbonyl (C=O) groups excluding carboxylic acids is 1. The van der Waals surface area contributed by atoms with Crippen LogP contribution in [0.2, 0.25) is 0 Å². The van der Waals surface area contributed by atoms with Gasteiger partial charge in [-0.15, -0.1) is 0 Å². The molecule has 92 valence electrons. The summed E-state index contributed by atoms with van der Waals surface area (Å²) in [7, 11) is 1.59. The third kappa shape index (κ3) is 1.51. The van der Waals surface area contributed by atoms with Gasteiger partial charge in [-0.1, -0.05) is 6.92 Å². The number of Topliss-reactive ketones (excluding diaryl/α,β-unsaturated/α-hetero) is 1. The highest BCUT2D eigenvalue weighted by Crippen LogP contribution is 2.40. The molecule has 0 radical (unpaired) electrons. The molecule has 3 saturated heterocycles. The summed E-state index contributed by atoms with van der Waals surface area (Å²) >= 11 is 0. The Morgan fingerprint density at radius 1 is 1.62 bits per heavy atom. The second kappa shape index (κ2) is 4.43. The van der Waals surface area contributed by atoms with Crippen LogP contribution in [0.1, 0.15) is 26.2 Å². The summed E-state index contributed by atoms with van der Waals surface area (Å²) in [6, 6.07) is 0.429. The summed E-state index contributed by atoms with van der Waals surface area (Å²) in [5, 5.41) is 9.64. The zero-order valence-corrected chi connectivity index (χ0v) is 10.1. The van der Waals surface area contributed by atoms with Crippen molar-refractivity contribution in [1.29, 1.82) is 0 Å². The Hall–Kier alpha value is -0.450. The fourth-order valence-corrected chi connectivity index (χ4v) is 3.37. The van der Waals surface area contributed by atoms with E-state index in [9.17, 15) is 9.90 Å². The summed E-state index contributed by atoms with van der Waals surface area (Å²) < 4.78 is 5.17. The smallest absolute Gasteiger partial charge is 0.161 e. The largest absolute Gasteiger partial charge is 0.394 e. The molecule has 16 heavy (non-hydrogen) atoms. The first-order valence-corrected chi connectivity index (χ1v) is 6.10. The van der Waals surface area contributed by atoms with E-state index in [1.165, 1.54) is 0 Å². The molecule has 3 aliphatic rings. The summed E-state index contributed by atoms with van der Waals surface area (Å²) in [4.78, 5) is 14.5. The van der Waals surface area contributed by atoms with Gasteiger partial charge in [-0.25, -0.2) is 0 Å². The van der Waals surface area contributed by atoms with E-state index in [-0.39, 0.29) is 18.3 Å². The molecule has 3 fully saturated rings. The van der Waals surface area contributed by atoms with Gasteiger partial charge in [0.15, 0.2) is 5.78 Å². The van der Waals surface area contributed by atoms with Crippen molar-refractivity contribution in [2.24, 2.45) is 5.92 Å². The predicted molar refractivity (Wildman–Crippen MR) is 60.2 cm³/mol. The molecule has 0 aromatic rings. The van der Waals surface area contributed by atoms with Crippen LogP contribution in [0, 0.1) is 5.92 Å². The van der Waals surface area contributed by atoms with Crippen molar-refractivity contribution >= 4 is 5.78 Å². The average Bonchev–Trinajstić information content (AvgIpc) is 2.33. The van der Waals surface area contributed by atoms with E-state index >= 15 is 0 Å². The van der Waals surface area contributed by atoms with E-state index in [0.717, 1.165) is 25.8 Å². The normalized spacial score (nSPS) is 42.7. The standard InChI is InChI=1S/C12H21NO3/c1-3-10-6-9-4-5-13(10)12(7-14,8-16-2)11(9)15/h9-10,14H,3-8H2,1-2H3/t9-,10+,12+/m0/s1. The first kappa shape index (κ1) is 12.0. The molecule has 0 amide bonds. The lowest BCUT2D eigenvalue weighted by atomic mass is 9.70. The monoisotopic (exact) mass is 227 g/mol. The maximum Gasteiger partial charge on any atom is 0.161 e. The number of ketones is 1. The average molecular weight is 227 g/mol. The minimum Gasteiger partial charge on any atom is -0.394 e. The van der Waals surface area contributed by atoms with Crippen molar-refractivity contribution in [2.45, 2.75) is 37.8 Å². The van der Waals surface area contributed by atoms with Gasteiger partial charge in [-0.2, -0.15) is 0 Å². The Morgan fingerprint density at radius 2 is 2.38 bits per heavy atom. The van der Waals surface area contributed by atoms with Crippen LogP contribution in [0.4, 0.5) is 0 Å². The van der Waals surface area contributed by atoms with Crippen molar-refractivity contribution in [2.75, 3.05) is 26.9 Å². The van der Waals surface area contributed by atoms with E-state index in [4.69, 9.17) is 4.74 Å². The molecule has 3 aliphatic heterocycles. The fraction of sp³-hybridized carbons (Fsp3) is 0.917. The Kier molecular flexibility index (Phi) is 3.33. The van der Waals surface area contributed by atoms with Gasteiger partial charge >= 0.3 is 0 Å². The van der Waals surface area contributed by atoms with Crippen molar-refractivity contribution in [1.82, 2.24) is 4.90 Å². The fourth-order valence-electron chi connectivity index (χ4n) is 3.37. The van der Waals surface area contributed by atoms with E-state index in [1.807, 2.05) is 0 Å². The first-order chi connectivity index (χ1) is 7.69. The molecule has 4 atom stereocenters. The minimum absolute atomic E-state index is 0.118. The van der Waals surface area contributed by atoms with Gasteiger partial charge in [0.2, 0.25) is 0 Å². The van der Waals surface area contributed by atoms with Crippen LogP contribution in [-0.4, -0.2) is 54.2 Å². The first-order valence-electron chi connectivity index (χ1n) is 6.10. The molecule has 3 rings (SSSR count). The van der Waals surface area contributed by atoms with Crippen LogP contribution in [0.15, 0.2) is 0 Å². The van der Waals surface area contributed by atoms with Crippen LogP contribution in [-0.2, 0) is 9.53 Å². The molecule has 0 spiro atoms. The van der Waals surface area contributed by atoms with Gasteiger partial charge in [0.1, 0.15) is 5.54 Å². The maximum absolute atomic E-state index is 12.3. The van der Waals surface area contributed by atoms with E-state index in [0.29, 0.717) is 12.6 Å². The van der Waals surface area contributed by atoms with Gasteiger partial charge in [0, 0.05) is 25.6 Å². The number of hydrogen-bond donors (Lipinski definition) is 1. The Bertz CT molecular complexity index is 281. The number of ether oxygens (including phenoxy) is 1. The lowest BCUT2D eigenvalue weighted by Crippen LogP contribution is -2.71. The molecule has 4 heteroatoms. The van der Waals surface area contributed by atoms with Crippen molar-refractivity contribution in [3.63, 3.8) is 0 Å². The zero-order valence-electron chi connectivity index (χ0n) is 10.1. The van der Waals surface area contributed by atoms with Crippen LogP contribution >= 0.6 is 0 Å². The number of carbonyl (C=O) groups is 1. The van der Waals surface area contributed by atoms with Crippen LogP contribution in [0.5, 0.6) is 0 Å². The van der Waals surface area contributed by atoms with Gasteiger partial charge in [-0.3, -0.25) is 9.69 Å². The molecule has 0 aliphatic carbocycles. The molecule has 1 N–H and O–H groups in total. The van der Waals surface area contributed by atoms with Gasteiger partial charge in [-0.05, 0) is 19.3 Å². The van der Waals surface area contributed by atoms with E-state index in [2.05, 4.69) is 11.8 Å². The topological polar surface area (TPSA) is 49.8 Å². The van der Waals surface area contributed by atoms with Gasteiger partial charge < -0.3 is 9.84 Å². The highest BCUT2D eigenvalue weighted by atomic mass is 16.5. The molecule has 0 saturated carbocycles. The van der Waals surface area contributed by atoms with E-state index < -0.39 is 5.54 Å². The van der Waals surface area contributed by atoms with Gasteiger partial charge in [0.25, 0.3) is 0 Å². The second-order valence-electron chi connectivity index (χ2n) is 4.96. The second-order valence-corrected chi connectivity index (χ2v) is 4.96. The van der Waals surface area contributed by atoms with Crippen LogP contribution < -0.4 is 0 Å². The summed E-state index contributed by atoms with van der Waals surface area (Å²) in [5.74, 6) is 0.324. The number of rotatable bonds is 4. The molecular formula is C12H21NO3. The quantitative estimate of drug-likeness (QED) is 0.757. The molecule has 0 aromatic heterocycles. The predicted octanol–water partition coefficient (Wildman–Crippen LogP) is 0.437. The minimum atomic E-state index is -0.753. The van der Waals surface area contributed by atoms with Crippen LogP contribution in [0.25, 0.3) is 0 Å².